The molecule has 3 aromatic carbocycles. The molecule has 0 radical (unpaired) electrons. The minimum atomic E-state index is -1.00. The molecule has 222 valence electrons. The first kappa shape index (κ1) is 29.0. The Morgan fingerprint density at radius 3 is 1.98 bits per heavy atom. The summed E-state index contributed by atoms with van der Waals surface area (Å²) in [4.78, 5) is 16.1. The van der Waals surface area contributed by atoms with Gasteiger partial charge in [-0.1, -0.05) is 78.9 Å². The van der Waals surface area contributed by atoms with Crippen molar-refractivity contribution >= 4 is 11.5 Å². The average Bonchev–Trinajstić information content (AvgIpc) is 3.50. The van der Waals surface area contributed by atoms with Crippen LogP contribution in [0.25, 0.3) is 11.3 Å². The molecule has 4 aromatic rings. The summed E-state index contributed by atoms with van der Waals surface area (Å²) >= 11 is 0. The summed E-state index contributed by atoms with van der Waals surface area (Å²) in [5.41, 5.74) is 13.1. The van der Waals surface area contributed by atoms with E-state index in [1.807, 2.05) is 29.9 Å². The van der Waals surface area contributed by atoms with Crippen LogP contribution in [-0.2, 0) is 32.7 Å². The molecule has 0 amide bonds. The largest absolute Gasteiger partial charge is 0.294 e. The van der Waals surface area contributed by atoms with Crippen LogP contribution < -0.4 is 0 Å². The van der Waals surface area contributed by atoms with E-state index in [9.17, 15) is 9.18 Å². The van der Waals surface area contributed by atoms with E-state index in [1.54, 1.807) is 0 Å². The lowest BCUT2D eigenvalue weighted by atomic mass is 10.0. The van der Waals surface area contributed by atoms with Crippen molar-refractivity contribution in [2.45, 2.75) is 64.2 Å². The topological polar surface area (TPSA) is 47.2 Å². The number of aliphatic imine (C=N–C) groups is 1. The van der Waals surface area contributed by atoms with Gasteiger partial charge in [-0.2, -0.15) is 5.10 Å². The summed E-state index contributed by atoms with van der Waals surface area (Å²) in [6.07, 6.45) is 15.7. The molecule has 0 atom stereocenters. The number of aryl methyl sites for hydroxylation is 5. The molecule has 1 aromatic heterocycles. The predicted molar refractivity (Wildman–Crippen MR) is 175 cm³/mol. The zero-order valence-corrected chi connectivity index (χ0v) is 25.2. The van der Waals surface area contributed by atoms with Gasteiger partial charge in [-0.3, -0.25) is 18.9 Å². The standard InChI is InChI=1S/C13H14N2.C13H13N.C11H12O.CH3F/c1-15-9-11-7-4-6-10-5-2-3-8-12(10)13(11)14-15;1-2-7-12-10(4-1)5-3-6-11-8-9-14-13(11)12;12-11-8-4-2-6-9-5-1-3-7-10(9)11;1-2/h2-3,5,8-9H,4,6-7H2,1H3;1-2,4,7-8H,3,5-6,9H2;1,3,5,7H,2,4,6,8H2;1H3/i;;;1D. The van der Waals surface area contributed by atoms with Crippen molar-refractivity contribution < 1.29 is 10.6 Å². The van der Waals surface area contributed by atoms with E-state index < -0.39 is 7.15 Å². The molecule has 4 aliphatic rings. The highest BCUT2D eigenvalue weighted by molar-refractivity contribution is 6.15. The highest BCUT2D eigenvalue weighted by Crippen LogP contribution is 2.31. The Balaban J connectivity index is 0.000000126. The molecular weight excluding hydrogens is 533 g/mol. The molecule has 0 bridgehead atoms. The van der Waals surface area contributed by atoms with Gasteiger partial charge in [0.2, 0.25) is 0 Å². The van der Waals surface area contributed by atoms with Gasteiger partial charge < -0.3 is 0 Å². The van der Waals surface area contributed by atoms with Gasteiger partial charge in [0.25, 0.3) is 0 Å². The quantitative estimate of drug-likeness (QED) is 0.197. The van der Waals surface area contributed by atoms with Crippen molar-refractivity contribution in [2.75, 3.05) is 13.7 Å². The first-order valence-corrected chi connectivity index (χ1v) is 15.5. The van der Waals surface area contributed by atoms with Gasteiger partial charge in [-0.15, -0.1) is 0 Å². The first-order valence-electron chi connectivity index (χ1n) is 16.2. The smallest absolute Gasteiger partial charge is 0.163 e. The molecule has 4 nitrogen and oxygen atoms in total. The average molecular weight is 577 g/mol. The number of nitrogens with zero attached hydrogens (tertiary/aromatic N) is 3. The summed E-state index contributed by atoms with van der Waals surface area (Å²) in [5, 5.41) is 4.57. The zero-order chi connectivity index (χ0) is 30.7. The highest BCUT2D eigenvalue weighted by Gasteiger charge is 2.20. The van der Waals surface area contributed by atoms with Gasteiger partial charge in [0, 0.05) is 36.4 Å². The predicted octanol–water partition coefficient (Wildman–Crippen LogP) is 8.51. The summed E-state index contributed by atoms with van der Waals surface area (Å²) < 4.78 is 17.4. The molecular formula is C38H42FN3O. The van der Waals surface area contributed by atoms with E-state index in [0.29, 0.717) is 5.78 Å². The molecule has 0 saturated heterocycles. The molecule has 0 saturated carbocycles. The number of allylic oxidation sites excluding steroid dienone is 1. The Bertz CT molecular complexity index is 1640. The van der Waals surface area contributed by atoms with E-state index in [1.165, 1.54) is 82.5 Å². The molecule has 5 heteroatoms. The second-order valence-corrected chi connectivity index (χ2v) is 11.4. The number of aromatic nitrogens is 2. The Kier molecular flexibility index (Phi) is 10.0. The fraction of sp³-hybridized carbons (Fsp3) is 0.342. The van der Waals surface area contributed by atoms with Crippen LogP contribution in [0.2, 0.25) is 0 Å². The molecule has 1 aliphatic heterocycles. The third-order valence-electron chi connectivity index (χ3n) is 8.54. The maximum absolute atomic E-state index is 11.5. The number of benzene rings is 3. The summed E-state index contributed by atoms with van der Waals surface area (Å²) in [6.45, 7) is 0.888. The molecule has 0 N–H and O–H groups in total. The van der Waals surface area contributed by atoms with Crippen LogP contribution in [0.4, 0.5) is 4.39 Å². The second kappa shape index (κ2) is 14.9. The third kappa shape index (κ3) is 7.27. The number of ketones is 1. The lowest BCUT2D eigenvalue weighted by molar-refractivity contribution is 0.0982. The van der Waals surface area contributed by atoms with Crippen LogP contribution in [0, 0.1) is 0 Å². The molecule has 8 rings (SSSR count). The Hall–Kier alpha value is -4.12. The SMILES string of the molecule is C1=C2CCCc3ccccc3C2=NC1.Cn1cc2c(n1)-c1ccccc1CCC2.O=C1CCCCc2ccccc21.[2H]CF. The van der Waals surface area contributed by atoms with E-state index >= 15 is 0 Å². The van der Waals surface area contributed by atoms with Crippen LogP contribution in [-0.4, -0.2) is 35.0 Å². The minimum absolute atomic E-state index is 0.322. The monoisotopic (exact) mass is 576 g/mol. The van der Waals surface area contributed by atoms with Crippen molar-refractivity contribution in [1.29, 1.82) is 0 Å². The maximum Gasteiger partial charge on any atom is 0.163 e. The second-order valence-electron chi connectivity index (χ2n) is 11.4. The summed E-state index contributed by atoms with van der Waals surface area (Å²) in [5.74, 6) is 0.322. The highest BCUT2D eigenvalue weighted by atomic mass is 19.1. The molecule has 0 unspecified atom stereocenters. The van der Waals surface area contributed by atoms with E-state index in [-0.39, 0.29) is 0 Å². The fourth-order valence-corrected chi connectivity index (χ4v) is 6.49. The lowest BCUT2D eigenvalue weighted by Gasteiger charge is -2.05. The van der Waals surface area contributed by atoms with Crippen molar-refractivity contribution in [3.63, 3.8) is 0 Å². The van der Waals surface area contributed by atoms with Crippen LogP contribution >= 0.6 is 0 Å². The first-order chi connectivity index (χ1) is 21.6. The molecule has 3 aliphatic carbocycles. The molecule has 0 fully saturated rings. The maximum atomic E-state index is 11.5. The molecule has 43 heavy (non-hydrogen) atoms. The Morgan fingerprint density at radius 1 is 0.698 bits per heavy atom. The van der Waals surface area contributed by atoms with Gasteiger partial charge in [0.05, 0.1) is 26.5 Å². The van der Waals surface area contributed by atoms with Crippen molar-refractivity contribution in [3.05, 3.63) is 124 Å². The normalized spacial score (nSPS) is 16.3. The lowest BCUT2D eigenvalue weighted by Crippen LogP contribution is -2.01. The van der Waals surface area contributed by atoms with Crippen LogP contribution in [0.3, 0.4) is 0 Å². The number of Topliss-reactive ketones (excluding diaryl/α,β-unsaturated/α-hetero) is 1. The van der Waals surface area contributed by atoms with E-state index in [4.69, 9.17) is 1.37 Å². The van der Waals surface area contributed by atoms with Gasteiger partial charge in [-0.25, -0.2) is 0 Å². The third-order valence-corrected chi connectivity index (χ3v) is 8.54. The van der Waals surface area contributed by atoms with Crippen LogP contribution in [0.15, 0.2) is 95.6 Å². The van der Waals surface area contributed by atoms with Gasteiger partial charge in [0.15, 0.2) is 5.78 Å². The van der Waals surface area contributed by atoms with Crippen molar-refractivity contribution in [1.82, 2.24) is 9.78 Å². The fourth-order valence-electron chi connectivity index (χ4n) is 6.49. The molecule has 0 spiro atoms. The Morgan fingerprint density at radius 2 is 1.23 bits per heavy atom. The Labute approximate surface area is 256 Å². The minimum Gasteiger partial charge on any atom is -0.294 e. The number of carbonyl (C=O) groups is 1. The van der Waals surface area contributed by atoms with E-state index in [0.717, 1.165) is 44.2 Å². The summed E-state index contributed by atoms with van der Waals surface area (Å²) in [6, 6.07) is 25.3. The number of rotatable bonds is 0. The number of hydrogen-bond acceptors (Lipinski definition) is 3. The number of carbonyl (C=O) groups excluding carboxylic acids is 1. The number of halogens is 1. The zero-order valence-electron chi connectivity index (χ0n) is 26.2. The van der Waals surface area contributed by atoms with Crippen LogP contribution in [0.5, 0.6) is 0 Å². The van der Waals surface area contributed by atoms with Crippen molar-refractivity contribution in [2.24, 2.45) is 12.0 Å². The summed E-state index contributed by atoms with van der Waals surface area (Å²) in [7, 11) is 0.997. The number of fused-ring (bicyclic) bond motifs is 7. The van der Waals surface area contributed by atoms with Gasteiger partial charge >= 0.3 is 0 Å². The van der Waals surface area contributed by atoms with Crippen LogP contribution in [0.1, 0.15) is 78.1 Å². The van der Waals surface area contributed by atoms with Gasteiger partial charge in [-0.05, 0) is 85.6 Å². The molecule has 2 heterocycles. The number of hydrogen-bond donors (Lipinski definition) is 0. The number of alkyl halides is 1. The van der Waals surface area contributed by atoms with Crippen molar-refractivity contribution in [3.8, 4) is 11.3 Å². The van der Waals surface area contributed by atoms with Gasteiger partial charge in [0.1, 0.15) is 0 Å². The van der Waals surface area contributed by atoms with E-state index in [2.05, 4.69) is 77.0 Å².